The van der Waals surface area contributed by atoms with Crippen molar-refractivity contribution < 1.29 is 13.2 Å². The fourth-order valence-corrected chi connectivity index (χ4v) is 4.33. The molecule has 1 saturated heterocycles. The summed E-state index contributed by atoms with van der Waals surface area (Å²) in [7, 11) is -3.68. The molecule has 0 saturated carbocycles. The molecule has 27 heavy (non-hydrogen) atoms. The summed E-state index contributed by atoms with van der Waals surface area (Å²) < 4.78 is 27.8. The quantitative estimate of drug-likeness (QED) is 0.708. The predicted octanol–water partition coefficient (Wildman–Crippen LogP) is 2.62. The third-order valence-electron chi connectivity index (χ3n) is 4.43. The fourth-order valence-electron chi connectivity index (χ4n) is 2.94. The summed E-state index contributed by atoms with van der Waals surface area (Å²) in [6.07, 6.45) is 0.916. The van der Waals surface area contributed by atoms with Crippen molar-refractivity contribution in [3.63, 3.8) is 0 Å². The third kappa shape index (κ3) is 5.22. The molecule has 1 amide bonds. The molecule has 0 radical (unpaired) electrons. The first-order valence-electron chi connectivity index (χ1n) is 8.57. The molecule has 0 aliphatic carbocycles. The van der Waals surface area contributed by atoms with Gasteiger partial charge in [0.1, 0.15) is 0 Å². The van der Waals surface area contributed by atoms with Crippen LogP contribution in [0.15, 0.2) is 47.4 Å². The SMILES string of the molecule is Cc1ccc(C)c(S(=O)(=O)Nc2ccc(C(=O)NC3CCNC3)cc2)c1.Cl. The van der Waals surface area contributed by atoms with E-state index in [0.717, 1.165) is 25.1 Å². The molecule has 146 valence electrons. The van der Waals surface area contributed by atoms with Gasteiger partial charge in [0, 0.05) is 23.8 Å². The van der Waals surface area contributed by atoms with E-state index < -0.39 is 10.0 Å². The summed E-state index contributed by atoms with van der Waals surface area (Å²) in [6.45, 7) is 5.30. The lowest BCUT2D eigenvalue weighted by atomic mass is 10.1. The molecule has 2 aromatic rings. The highest BCUT2D eigenvalue weighted by Crippen LogP contribution is 2.21. The van der Waals surface area contributed by atoms with Gasteiger partial charge in [-0.1, -0.05) is 12.1 Å². The normalized spacial score (nSPS) is 16.4. The topological polar surface area (TPSA) is 87.3 Å². The van der Waals surface area contributed by atoms with Crippen molar-refractivity contribution >= 4 is 34.0 Å². The van der Waals surface area contributed by atoms with Gasteiger partial charge in [-0.3, -0.25) is 9.52 Å². The van der Waals surface area contributed by atoms with Crippen LogP contribution in [0.25, 0.3) is 0 Å². The van der Waals surface area contributed by atoms with Gasteiger partial charge in [-0.2, -0.15) is 0 Å². The van der Waals surface area contributed by atoms with Crippen LogP contribution >= 0.6 is 12.4 Å². The van der Waals surface area contributed by atoms with E-state index in [1.54, 1.807) is 43.3 Å². The minimum Gasteiger partial charge on any atom is -0.348 e. The maximum atomic E-state index is 12.6. The van der Waals surface area contributed by atoms with Gasteiger partial charge < -0.3 is 10.6 Å². The molecule has 3 rings (SSSR count). The number of carbonyl (C=O) groups is 1. The van der Waals surface area contributed by atoms with Crippen molar-refractivity contribution in [1.29, 1.82) is 0 Å². The highest BCUT2D eigenvalue weighted by Gasteiger charge is 2.19. The summed E-state index contributed by atoms with van der Waals surface area (Å²) in [5, 5.41) is 6.16. The van der Waals surface area contributed by atoms with Gasteiger partial charge >= 0.3 is 0 Å². The van der Waals surface area contributed by atoms with Crippen LogP contribution in [0.3, 0.4) is 0 Å². The zero-order valence-corrected chi connectivity index (χ0v) is 16.9. The first-order valence-corrected chi connectivity index (χ1v) is 10.1. The van der Waals surface area contributed by atoms with E-state index >= 15 is 0 Å². The molecule has 0 spiro atoms. The molecule has 8 heteroatoms. The van der Waals surface area contributed by atoms with Gasteiger partial charge in [-0.05, 0) is 68.3 Å². The Balaban J connectivity index is 0.00000261. The van der Waals surface area contributed by atoms with E-state index in [2.05, 4.69) is 15.4 Å². The molecule has 3 N–H and O–H groups in total. The van der Waals surface area contributed by atoms with Crippen molar-refractivity contribution in [3.8, 4) is 0 Å². The maximum absolute atomic E-state index is 12.6. The van der Waals surface area contributed by atoms with Gasteiger partial charge in [-0.15, -0.1) is 12.4 Å². The number of benzene rings is 2. The standard InChI is InChI=1S/C19H23N3O3S.ClH/c1-13-3-4-14(2)18(11-13)26(24,25)22-16-7-5-15(6-8-16)19(23)21-17-9-10-20-12-17;/h3-8,11,17,20,22H,9-10,12H2,1-2H3,(H,21,23);1H. The zero-order chi connectivity index (χ0) is 18.7. The smallest absolute Gasteiger partial charge is 0.262 e. The van der Waals surface area contributed by atoms with E-state index in [4.69, 9.17) is 0 Å². The van der Waals surface area contributed by atoms with E-state index in [1.165, 1.54) is 0 Å². The van der Waals surface area contributed by atoms with Crippen LogP contribution in [0.5, 0.6) is 0 Å². The van der Waals surface area contributed by atoms with Crippen LogP contribution in [0.1, 0.15) is 27.9 Å². The van der Waals surface area contributed by atoms with E-state index in [1.807, 2.05) is 13.0 Å². The van der Waals surface area contributed by atoms with E-state index in [0.29, 0.717) is 16.8 Å². The maximum Gasteiger partial charge on any atom is 0.262 e. The zero-order valence-electron chi connectivity index (χ0n) is 15.3. The summed E-state index contributed by atoms with van der Waals surface area (Å²) >= 11 is 0. The number of hydrogen-bond acceptors (Lipinski definition) is 4. The van der Waals surface area contributed by atoms with Crippen molar-refractivity contribution in [2.24, 2.45) is 0 Å². The first kappa shape index (κ1) is 21.2. The second-order valence-electron chi connectivity index (χ2n) is 6.61. The number of amides is 1. The number of nitrogens with one attached hydrogen (secondary N) is 3. The van der Waals surface area contributed by atoms with Crippen molar-refractivity contribution in [2.75, 3.05) is 17.8 Å². The van der Waals surface area contributed by atoms with Gasteiger partial charge in [-0.25, -0.2) is 8.42 Å². The largest absolute Gasteiger partial charge is 0.348 e. The second-order valence-corrected chi connectivity index (χ2v) is 8.27. The van der Waals surface area contributed by atoms with E-state index in [-0.39, 0.29) is 29.3 Å². The monoisotopic (exact) mass is 409 g/mol. The first-order chi connectivity index (χ1) is 12.3. The molecule has 1 unspecified atom stereocenters. The summed E-state index contributed by atoms with van der Waals surface area (Å²) in [5.41, 5.74) is 2.49. The number of halogens is 1. The number of carbonyl (C=O) groups excluding carboxylic acids is 1. The summed E-state index contributed by atoms with van der Waals surface area (Å²) in [4.78, 5) is 12.5. The van der Waals surface area contributed by atoms with Crippen LogP contribution in [-0.4, -0.2) is 33.5 Å². The Hall–Kier alpha value is -2.09. The Kier molecular flexibility index (Phi) is 6.86. The minimum atomic E-state index is -3.68. The lowest BCUT2D eigenvalue weighted by Crippen LogP contribution is -2.36. The van der Waals surface area contributed by atoms with Crippen LogP contribution in [0.4, 0.5) is 5.69 Å². The Labute approximate surface area is 166 Å². The molecule has 0 aromatic heterocycles. The fraction of sp³-hybridized carbons (Fsp3) is 0.316. The average molecular weight is 410 g/mol. The van der Waals surface area contributed by atoms with Gasteiger partial charge in [0.2, 0.25) is 0 Å². The van der Waals surface area contributed by atoms with Gasteiger partial charge in [0.05, 0.1) is 4.90 Å². The van der Waals surface area contributed by atoms with Crippen LogP contribution in [0.2, 0.25) is 0 Å². The lowest BCUT2D eigenvalue weighted by molar-refractivity contribution is 0.0940. The second kappa shape index (κ2) is 8.73. The Morgan fingerprint density at radius 1 is 1.11 bits per heavy atom. The molecule has 2 aromatic carbocycles. The molecular formula is C19H24ClN3O3S. The molecule has 1 atom stereocenters. The third-order valence-corrected chi connectivity index (χ3v) is 5.95. The summed E-state index contributed by atoms with van der Waals surface area (Å²) in [6, 6.07) is 11.9. The van der Waals surface area contributed by atoms with Crippen LogP contribution < -0.4 is 15.4 Å². The van der Waals surface area contributed by atoms with E-state index in [9.17, 15) is 13.2 Å². The van der Waals surface area contributed by atoms with Crippen molar-refractivity contribution in [1.82, 2.24) is 10.6 Å². The average Bonchev–Trinajstić information content (AvgIpc) is 3.10. The Bertz CT molecular complexity index is 908. The number of hydrogen-bond donors (Lipinski definition) is 3. The van der Waals surface area contributed by atoms with Crippen LogP contribution in [0, 0.1) is 13.8 Å². The predicted molar refractivity (Wildman–Crippen MR) is 109 cm³/mol. The highest BCUT2D eigenvalue weighted by atomic mass is 35.5. The number of aryl methyl sites for hydroxylation is 2. The molecule has 1 aliphatic heterocycles. The minimum absolute atomic E-state index is 0. The number of anilines is 1. The molecular weight excluding hydrogens is 386 g/mol. The molecule has 0 bridgehead atoms. The van der Waals surface area contributed by atoms with Gasteiger partial charge in [0.25, 0.3) is 15.9 Å². The van der Waals surface area contributed by atoms with Crippen molar-refractivity contribution in [2.45, 2.75) is 31.2 Å². The highest BCUT2D eigenvalue weighted by molar-refractivity contribution is 7.92. The Morgan fingerprint density at radius 2 is 1.81 bits per heavy atom. The molecule has 1 fully saturated rings. The lowest BCUT2D eigenvalue weighted by Gasteiger charge is -2.13. The molecule has 1 aliphatic rings. The number of sulfonamides is 1. The Morgan fingerprint density at radius 3 is 2.44 bits per heavy atom. The molecule has 6 nitrogen and oxygen atoms in total. The van der Waals surface area contributed by atoms with Crippen molar-refractivity contribution in [3.05, 3.63) is 59.2 Å². The van der Waals surface area contributed by atoms with Crippen LogP contribution in [-0.2, 0) is 10.0 Å². The van der Waals surface area contributed by atoms with Gasteiger partial charge in [0.15, 0.2) is 0 Å². The summed E-state index contributed by atoms with van der Waals surface area (Å²) in [5.74, 6) is -0.150. The molecule has 1 heterocycles. The number of rotatable bonds is 5.